The van der Waals surface area contributed by atoms with E-state index in [-0.39, 0.29) is 25.3 Å². The number of alkyl carbamates (subject to hydrolysis) is 1. The largest absolute Gasteiger partial charge is 0.479 e. The van der Waals surface area contributed by atoms with Gasteiger partial charge in [0, 0.05) is 6.54 Å². The maximum atomic E-state index is 11.5. The van der Waals surface area contributed by atoms with Gasteiger partial charge in [0.2, 0.25) is 0 Å². The fraction of sp³-hybridized carbons (Fsp3) is 0.786. The molecule has 7 nitrogen and oxygen atoms in total. The van der Waals surface area contributed by atoms with Crippen LogP contribution in [0, 0.1) is 5.92 Å². The van der Waals surface area contributed by atoms with Crippen LogP contribution in [-0.2, 0) is 19.1 Å². The van der Waals surface area contributed by atoms with Crippen LogP contribution >= 0.6 is 0 Å². The Labute approximate surface area is 125 Å². The van der Waals surface area contributed by atoms with Crippen molar-refractivity contribution in [1.29, 1.82) is 0 Å². The Kier molecular flexibility index (Phi) is 7.76. The fourth-order valence-electron chi connectivity index (χ4n) is 1.43. The van der Waals surface area contributed by atoms with E-state index in [0.717, 1.165) is 0 Å². The van der Waals surface area contributed by atoms with E-state index in [4.69, 9.17) is 14.6 Å². The van der Waals surface area contributed by atoms with Gasteiger partial charge >= 0.3 is 18.0 Å². The van der Waals surface area contributed by atoms with Crippen molar-refractivity contribution in [2.24, 2.45) is 5.92 Å². The van der Waals surface area contributed by atoms with E-state index in [2.05, 4.69) is 5.32 Å². The van der Waals surface area contributed by atoms with Crippen LogP contribution in [0.15, 0.2) is 0 Å². The molecule has 0 radical (unpaired) electrons. The van der Waals surface area contributed by atoms with Crippen molar-refractivity contribution in [1.82, 2.24) is 5.32 Å². The van der Waals surface area contributed by atoms with Gasteiger partial charge in [-0.3, -0.25) is 4.79 Å². The van der Waals surface area contributed by atoms with Crippen LogP contribution in [0.1, 0.15) is 47.5 Å². The second kappa shape index (κ2) is 8.49. The first-order chi connectivity index (χ1) is 9.51. The molecule has 7 heteroatoms. The molecular weight excluding hydrogens is 278 g/mol. The molecule has 0 fully saturated rings. The molecule has 0 aliphatic heterocycles. The Morgan fingerprint density at radius 3 is 2.19 bits per heavy atom. The quantitative estimate of drug-likeness (QED) is 0.697. The number of hydrogen-bond acceptors (Lipinski definition) is 5. The second-order valence-corrected chi connectivity index (χ2v) is 6.12. The Hall–Kier alpha value is -1.79. The summed E-state index contributed by atoms with van der Waals surface area (Å²) in [5.74, 6) is -1.74. The molecular formula is C14H25NO6. The van der Waals surface area contributed by atoms with Crippen molar-refractivity contribution in [2.75, 3.05) is 6.54 Å². The van der Waals surface area contributed by atoms with E-state index < -0.39 is 29.7 Å². The maximum Gasteiger partial charge on any atom is 0.407 e. The maximum absolute atomic E-state index is 11.5. The third-order valence-electron chi connectivity index (χ3n) is 2.23. The molecule has 0 aromatic heterocycles. The smallest absolute Gasteiger partial charge is 0.407 e. The predicted molar refractivity (Wildman–Crippen MR) is 75.8 cm³/mol. The van der Waals surface area contributed by atoms with Crippen LogP contribution in [0.25, 0.3) is 0 Å². The van der Waals surface area contributed by atoms with Crippen molar-refractivity contribution >= 4 is 18.0 Å². The third-order valence-corrected chi connectivity index (χ3v) is 2.23. The molecule has 21 heavy (non-hydrogen) atoms. The molecule has 0 spiro atoms. The average molecular weight is 303 g/mol. The van der Waals surface area contributed by atoms with Gasteiger partial charge in [-0.2, -0.15) is 0 Å². The molecule has 0 aromatic rings. The summed E-state index contributed by atoms with van der Waals surface area (Å²) in [4.78, 5) is 33.8. The minimum absolute atomic E-state index is 0.0295. The van der Waals surface area contributed by atoms with Crippen LogP contribution < -0.4 is 5.32 Å². The number of amides is 1. The van der Waals surface area contributed by atoms with E-state index in [0.29, 0.717) is 0 Å². The van der Waals surface area contributed by atoms with Crippen LogP contribution in [0.3, 0.4) is 0 Å². The van der Waals surface area contributed by atoms with E-state index in [1.807, 2.05) is 13.8 Å². The normalized spacial score (nSPS) is 12.7. The first-order valence-electron chi connectivity index (χ1n) is 6.90. The average Bonchev–Trinajstić information content (AvgIpc) is 2.24. The summed E-state index contributed by atoms with van der Waals surface area (Å²) in [6.07, 6.45) is -1.65. The SMILES string of the molecule is CC(C)C[C@@H](OC(=O)CCNC(=O)OC(C)(C)C)C(=O)O. The predicted octanol–water partition coefficient (Wildman–Crippen LogP) is 1.94. The topological polar surface area (TPSA) is 102 Å². The molecule has 0 heterocycles. The zero-order valence-corrected chi connectivity index (χ0v) is 13.3. The summed E-state index contributed by atoms with van der Waals surface area (Å²) < 4.78 is 9.87. The van der Waals surface area contributed by atoms with Crippen molar-refractivity contribution < 1.29 is 29.0 Å². The van der Waals surface area contributed by atoms with Crippen molar-refractivity contribution in [3.05, 3.63) is 0 Å². The fourth-order valence-corrected chi connectivity index (χ4v) is 1.43. The Morgan fingerprint density at radius 1 is 1.19 bits per heavy atom. The summed E-state index contributed by atoms with van der Waals surface area (Å²) >= 11 is 0. The summed E-state index contributed by atoms with van der Waals surface area (Å²) in [7, 11) is 0. The number of carboxylic acid groups (broad SMARTS) is 1. The molecule has 122 valence electrons. The molecule has 1 atom stereocenters. The summed E-state index contributed by atoms with van der Waals surface area (Å²) in [6.45, 7) is 8.89. The van der Waals surface area contributed by atoms with Gasteiger partial charge < -0.3 is 19.9 Å². The number of nitrogens with one attached hydrogen (secondary N) is 1. The molecule has 0 aromatic carbocycles. The number of carbonyl (C=O) groups is 3. The van der Waals surface area contributed by atoms with Crippen molar-refractivity contribution in [2.45, 2.75) is 59.2 Å². The first-order valence-corrected chi connectivity index (χ1v) is 6.90. The molecule has 0 saturated carbocycles. The molecule has 0 saturated heterocycles. The number of ether oxygens (including phenoxy) is 2. The highest BCUT2D eigenvalue weighted by Gasteiger charge is 2.23. The molecule has 0 unspecified atom stereocenters. The minimum atomic E-state index is -1.17. The van der Waals surface area contributed by atoms with Gasteiger partial charge in [0.1, 0.15) is 5.60 Å². The zero-order chi connectivity index (χ0) is 16.6. The Morgan fingerprint density at radius 2 is 1.76 bits per heavy atom. The number of hydrogen-bond donors (Lipinski definition) is 2. The highest BCUT2D eigenvalue weighted by Crippen LogP contribution is 2.10. The highest BCUT2D eigenvalue weighted by molar-refractivity contribution is 5.78. The summed E-state index contributed by atoms with van der Waals surface area (Å²) in [5.41, 5.74) is -0.615. The van der Waals surface area contributed by atoms with E-state index >= 15 is 0 Å². The lowest BCUT2D eigenvalue weighted by Gasteiger charge is -2.19. The van der Waals surface area contributed by atoms with Gasteiger partial charge in [-0.15, -0.1) is 0 Å². The second-order valence-electron chi connectivity index (χ2n) is 6.12. The Balaban J connectivity index is 4.09. The lowest BCUT2D eigenvalue weighted by Crippen LogP contribution is -2.34. The van der Waals surface area contributed by atoms with Crippen molar-refractivity contribution in [3.8, 4) is 0 Å². The summed E-state index contributed by atoms with van der Waals surface area (Å²) in [6, 6.07) is 0. The number of aliphatic carboxylic acids is 1. The van der Waals surface area contributed by atoms with Crippen LogP contribution in [0.5, 0.6) is 0 Å². The lowest BCUT2D eigenvalue weighted by atomic mass is 10.1. The van der Waals surface area contributed by atoms with Crippen molar-refractivity contribution in [3.63, 3.8) is 0 Å². The monoisotopic (exact) mass is 303 g/mol. The molecule has 0 aliphatic carbocycles. The summed E-state index contributed by atoms with van der Waals surface area (Å²) in [5, 5.41) is 11.3. The van der Waals surface area contributed by atoms with E-state index in [1.54, 1.807) is 20.8 Å². The zero-order valence-electron chi connectivity index (χ0n) is 13.3. The van der Waals surface area contributed by atoms with Gasteiger partial charge in [0.05, 0.1) is 6.42 Å². The molecule has 0 rings (SSSR count). The molecule has 2 N–H and O–H groups in total. The van der Waals surface area contributed by atoms with Gasteiger partial charge in [0.15, 0.2) is 6.10 Å². The van der Waals surface area contributed by atoms with Crippen LogP contribution in [-0.4, -0.2) is 41.4 Å². The standard InChI is InChI=1S/C14H25NO6/c1-9(2)8-10(12(17)18)20-11(16)6-7-15-13(19)21-14(3,4)5/h9-10H,6-8H2,1-5H3,(H,15,19)(H,17,18)/t10-/m1/s1. The number of esters is 1. The third kappa shape index (κ3) is 10.6. The van der Waals surface area contributed by atoms with Gasteiger partial charge in [0.25, 0.3) is 0 Å². The number of carbonyl (C=O) groups excluding carboxylic acids is 2. The van der Waals surface area contributed by atoms with E-state index in [1.165, 1.54) is 0 Å². The Bertz CT molecular complexity index is 372. The van der Waals surface area contributed by atoms with Crippen LogP contribution in [0.4, 0.5) is 4.79 Å². The lowest BCUT2D eigenvalue weighted by molar-refractivity contribution is -0.165. The first kappa shape index (κ1) is 19.2. The minimum Gasteiger partial charge on any atom is -0.479 e. The molecule has 0 aliphatic rings. The van der Waals surface area contributed by atoms with E-state index in [9.17, 15) is 14.4 Å². The highest BCUT2D eigenvalue weighted by atomic mass is 16.6. The van der Waals surface area contributed by atoms with Gasteiger partial charge in [-0.25, -0.2) is 9.59 Å². The van der Waals surface area contributed by atoms with Gasteiger partial charge in [-0.05, 0) is 33.1 Å². The molecule has 0 bridgehead atoms. The van der Waals surface area contributed by atoms with Crippen LogP contribution in [0.2, 0.25) is 0 Å². The van der Waals surface area contributed by atoms with Gasteiger partial charge in [-0.1, -0.05) is 13.8 Å². The number of carboxylic acids is 1. The number of rotatable bonds is 7. The molecule has 1 amide bonds.